The molecule has 0 aliphatic rings. The van der Waals surface area contributed by atoms with Crippen molar-refractivity contribution in [3.05, 3.63) is 11.1 Å². The molecule has 2 N–H and O–H groups in total. The van der Waals surface area contributed by atoms with Crippen LogP contribution in [0.2, 0.25) is 0 Å². The topological polar surface area (TPSA) is 85.2 Å². The highest BCUT2D eigenvalue weighted by molar-refractivity contribution is 5.72. The first-order chi connectivity index (χ1) is 19.0. The van der Waals surface area contributed by atoms with Crippen LogP contribution in [0.1, 0.15) is 154 Å². The van der Waals surface area contributed by atoms with Crippen LogP contribution in [0.25, 0.3) is 0 Å². The Morgan fingerprint density at radius 2 is 0.949 bits per heavy atom. The Morgan fingerprint density at radius 3 is 1.41 bits per heavy atom. The molecule has 6 nitrogen and oxygen atoms in total. The molecule has 1 rings (SSSR count). The van der Waals surface area contributed by atoms with Gasteiger partial charge in [0.05, 0.1) is 13.2 Å². The number of hydrogen-bond acceptors (Lipinski definition) is 5. The Kier molecular flexibility index (Phi) is 20.3. The van der Waals surface area contributed by atoms with Crippen LogP contribution < -0.4 is 14.2 Å². The monoisotopic (exact) mass is 550 g/mol. The van der Waals surface area contributed by atoms with E-state index in [1.165, 1.54) is 64.2 Å². The molecule has 0 heterocycles. The number of hydrogen-bond donors (Lipinski definition) is 2. The van der Waals surface area contributed by atoms with Crippen molar-refractivity contribution in [3.63, 3.8) is 0 Å². The van der Waals surface area contributed by atoms with Gasteiger partial charge in [0.2, 0.25) is 11.5 Å². The molecule has 0 unspecified atom stereocenters. The standard InChI is InChI=1S/C33H58O6/c1-5-9-13-15-17-19-21-23-27-28(24-22-20-18-16-14-10-6-2)30(37-25-11-7-3)32(38-26-12-8-4)31(29(27)34)39-33(35)36/h34H,5-26H2,1-4H3,(H,35,36). The van der Waals surface area contributed by atoms with Gasteiger partial charge in [-0.3, -0.25) is 0 Å². The van der Waals surface area contributed by atoms with Crippen molar-refractivity contribution in [1.82, 2.24) is 0 Å². The first-order valence-corrected chi connectivity index (χ1v) is 16.1. The number of unbranched alkanes of at least 4 members (excludes halogenated alkanes) is 14. The van der Waals surface area contributed by atoms with Crippen LogP contribution >= 0.6 is 0 Å². The number of phenols is 1. The van der Waals surface area contributed by atoms with Crippen LogP contribution in [0.15, 0.2) is 0 Å². The smallest absolute Gasteiger partial charge is 0.504 e. The van der Waals surface area contributed by atoms with Gasteiger partial charge in [-0.1, -0.05) is 118 Å². The van der Waals surface area contributed by atoms with Gasteiger partial charge in [-0.05, 0) is 38.5 Å². The van der Waals surface area contributed by atoms with E-state index in [2.05, 4.69) is 27.7 Å². The van der Waals surface area contributed by atoms with E-state index in [4.69, 9.17) is 14.2 Å². The number of phenolic OH excluding ortho intramolecular Hbond substituents is 1. The molecule has 0 fully saturated rings. The molecule has 0 amide bonds. The fourth-order valence-corrected chi connectivity index (χ4v) is 4.92. The maximum Gasteiger partial charge on any atom is 0.511 e. The Balaban J connectivity index is 3.32. The summed E-state index contributed by atoms with van der Waals surface area (Å²) >= 11 is 0. The van der Waals surface area contributed by atoms with E-state index < -0.39 is 6.16 Å². The summed E-state index contributed by atoms with van der Waals surface area (Å²) < 4.78 is 17.6. The molecular formula is C33H58O6. The maximum atomic E-state index is 11.6. The molecule has 1 aromatic carbocycles. The molecule has 0 saturated carbocycles. The minimum Gasteiger partial charge on any atom is -0.504 e. The highest BCUT2D eigenvalue weighted by atomic mass is 16.7. The van der Waals surface area contributed by atoms with Crippen molar-refractivity contribution in [2.45, 2.75) is 156 Å². The van der Waals surface area contributed by atoms with Crippen molar-refractivity contribution in [2.24, 2.45) is 0 Å². The van der Waals surface area contributed by atoms with Crippen LogP contribution in [0, 0.1) is 0 Å². The number of carboxylic acid groups (broad SMARTS) is 1. The average molecular weight is 551 g/mol. The third-order valence-electron chi connectivity index (χ3n) is 7.29. The quantitative estimate of drug-likeness (QED) is 0.0715. The van der Waals surface area contributed by atoms with Gasteiger partial charge in [0.1, 0.15) is 0 Å². The van der Waals surface area contributed by atoms with Crippen molar-refractivity contribution in [3.8, 4) is 23.0 Å². The first kappa shape index (κ1) is 34.9. The van der Waals surface area contributed by atoms with E-state index >= 15 is 0 Å². The van der Waals surface area contributed by atoms with Gasteiger partial charge in [0.15, 0.2) is 11.5 Å². The second-order valence-corrected chi connectivity index (χ2v) is 10.8. The van der Waals surface area contributed by atoms with Gasteiger partial charge in [-0.15, -0.1) is 0 Å². The molecule has 0 radical (unpaired) electrons. The van der Waals surface area contributed by atoms with Crippen LogP contribution in [-0.4, -0.2) is 29.6 Å². The third kappa shape index (κ3) is 14.2. The normalized spacial score (nSPS) is 11.1. The molecule has 1 aromatic rings. The summed E-state index contributed by atoms with van der Waals surface area (Å²) in [7, 11) is 0. The zero-order valence-electron chi connectivity index (χ0n) is 25.6. The Bertz CT molecular complexity index is 776. The predicted molar refractivity (Wildman–Crippen MR) is 161 cm³/mol. The molecule has 0 atom stereocenters. The summed E-state index contributed by atoms with van der Waals surface area (Å²) in [5, 5.41) is 20.9. The van der Waals surface area contributed by atoms with Crippen LogP contribution in [0.3, 0.4) is 0 Å². The number of rotatable bonds is 25. The second-order valence-electron chi connectivity index (χ2n) is 10.8. The van der Waals surface area contributed by atoms with Gasteiger partial charge in [-0.2, -0.15) is 0 Å². The molecule has 0 aliphatic heterocycles. The molecule has 0 spiro atoms. The fraction of sp³-hybridized carbons (Fsp3) is 0.788. The lowest BCUT2D eigenvalue weighted by atomic mass is 9.93. The number of carbonyl (C=O) groups is 1. The van der Waals surface area contributed by atoms with E-state index in [0.29, 0.717) is 25.4 Å². The van der Waals surface area contributed by atoms with Crippen molar-refractivity contribution >= 4 is 6.16 Å². The molecule has 226 valence electrons. The van der Waals surface area contributed by atoms with Crippen LogP contribution in [-0.2, 0) is 12.8 Å². The summed E-state index contributed by atoms with van der Waals surface area (Å²) in [5.74, 6) is 0.584. The maximum absolute atomic E-state index is 11.6. The predicted octanol–water partition coefficient (Wildman–Crippen LogP) is 10.4. The van der Waals surface area contributed by atoms with E-state index in [0.717, 1.165) is 68.9 Å². The molecule has 0 aromatic heterocycles. The van der Waals surface area contributed by atoms with Crippen LogP contribution in [0.5, 0.6) is 23.0 Å². The summed E-state index contributed by atoms with van der Waals surface area (Å²) in [6.07, 6.45) is 20.2. The lowest BCUT2D eigenvalue weighted by molar-refractivity contribution is 0.139. The second kappa shape index (κ2) is 22.7. The Labute approximate surface area is 238 Å². The summed E-state index contributed by atoms with van der Waals surface area (Å²) in [6.45, 7) is 9.57. The highest BCUT2D eigenvalue weighted by Gasteiger charge is 2.28. The van der Waals surface area contributed by atoms with Crippen molar-refractivity contribution < 1.29 is 29.2 Å². The molecule has 39 heavy (non-hydrogen) atoms. The zero-order valence-corrected chi connectivity index (χ0v) is 25.6. The molecule has 0 aliphatic carbocycles. The zero-order chi connectivity index (χ0) is 28.7. The Hall–Kier alpha value is -2.11. The minimum absolute atomic E-state index is 0.101. The van der Waals surface area contributed by atoms with Gasteiger partial charge in [-0.25, -0.2) is 4.79 Å². The molecule has 0 bridgehead atoms. The fourth-order valence-electron chi connectivity index (χ4n) is 4.92. The number of aromatic hydroxyl groups is 1. The lowest BCUT2D eigenvalue weighted by Crippen LogP contribution is -2.12. The molecular weight excluding hydrogens is 492 g/mol. The highest BCUT2D eigenvalue weighted by Crippen LogP contribution is 2.51. The van der Waals surface area contributed by atoms with Crippen LogP contribution in [0.4, 0.5) is 4.79 Å². The van der Waals surface area contributed by atoms with Gasteiger partial charge in [0.25, 0.3) is 0 Å². The number of benzene rings is 1. The third-order valence-corrected chi connectivity index (χ3v) is 7.29. The SMILES string of the molecule is CCCCCCCCCc1c(O)c(OC(=O)O)c(OCCCC)c(OCCCC)c1CCCCCCCCC. The largest absolute Gasteiger partial charge is 0.511 e. The van der Waals surface area contributed by atoms with Gasteiger partial charge in [0, 0.05) is 11.1 Å². The lowest BCUT2D eigenvalue weighted by Gasteiger charge is -2.23. The first-order valence-electron chi connectivity index (χ1n) is 16.1. The van der Waals surface area contributed by atoms with E-state index in [1.807, 2.05) is 0 Å². The summed E-state index contributed by atoms with van der Waals surface area (Å²) in [5.41, 5.74) is 1.73. The van der Waals surface area contributed by atoms with Gasteiger partial charge >= 0.3 is 6.16 Å². The van der Waals surface area contributed by atoms with E-state index in [1.54, 1.807) is 0 Å². The molecule has 6 heteroatoms. The van der Waals surface area contributed by atoms with E-state index in [-0.39, 0.29) is 17.2 Å². The van der Waals surface area contributed by atoms with Crippen molar-refractivity contribution in [1.29, 1.82) is 0 Å². The minimum atomic E-state index is -1.47. The Morgan fingerprint density at radius 1 is 0.538 bits per heavy atom. The van der Waals surface area contributed by atoms with Crippen molar-refractivity contribution in [2.75, 3.05) is 13.2 Å². The molecule has 0 saturated heterocycles. The van der Waals surface area contributed by atoms with E-state index in [9.17, 15) is 15.0 Å². The summed E-state index contributed by atoms with van der Waals surface area (Å²) in [4.78, 5) is 11.6. The average Bonchev–Trinajstić information content (AvgIpc) is 2.92. The number of ether oxygens (including phenoxy) is 3. The van der Waals surface area contributed by atoms with Gasteiger partial charge < -0.3 is 24.4 Å². The summed E-state index contributed by atoms with van der Waals surface area (Å²) in [6, 6.07) is 0.